The van der Waals surface area contributed by atoms with Gasteiger partial charge in [-0.2, -0.15) is 0 Å². The van der Waals surface area contributed by atoms with Crippen LogP contribution in [0.5, 0.6) is 0 Å². The number of benzene rings is 1. The molecule has 0 unspecified atom stereocenters. The number of likely N-dealkylation sites (tertiary alicyclic amines) is 2. The van der Waals surface area contributed by atoms with Crippen LogP contribution in [0.15, 0.2) is 30.3 Å². The molecule has 2 fully saturated rings. The average molecular weight is 343 g/mol. The highest BCUT2D eigenvalue weighted by molar-refractivity contribution is 5.78. The summed E-state index contributed by atoms with van der Waals surface area (Å²) >= 11 is 0. The molecule has 136 valence electrons. The third-order valence-corrected chi connectivity index (χ3v) is 5.59. The Morgan fingerprint density at radius 3 is 2.48 bits per heavy atom. The molecule has 2 saturated heterocycles. The van der Waals surface area contributed by atoms with Crippen LogP contribution >= 0.6 is 0 Å². The van der Waals surface area contributed by atoms with Crippen LogP contribution in [-0.4, -0.2) is 65.3 Å². The Morgan fingerprint density at radius 1 is 1.08 bits per heavy atom. The molecule has 3 rings (SSSR count). The third-order valence-electron chi connectivity index (χ3n) is 5.59. The Morgan fingerprint density at radius 2 is 1.76 bits per heavy atom. The molecule has 5 heteroatoms. The molecule has 2 aliphatic rings. The van der Waals surface area contributed by atoms with E-state index in [0.29, 0.717) is 19.1 Å². The van der Waals surface area contributed by atoms with E-state index < -0.39 is 0 Å². The highest BCUT2D eigenvalue weighted by Crippen LogP contribution is 2.30. The van der Waals surface area contributed by atoms with Gasteiger partial charge in [0.15, 0.2) is 0 Å². The van der Waals surface area contributed by atoms with Crippen LogP contribution in [0.25, 0.3) is 0 Å². The van der Waals surface area contributed by atoms with E-state index in [0.717, 1.165) is 44.3 Å². The van der Waals surface area contributed by atoms with Gasteiger partial charge in [-0.15, -0.1) is 0 Å². The number of hydrogen-bond donors (Lipinski definition) is 0. The summed E-state index contributed by atoms with van der Waals surface area (Å²) in [5.41, 5.74) is 1.15. The minimum Gasteiger partial charge on any atom is -0.340 e. The summed E-state index contributed by atoms with van der Waals surface area (Å²) in [7, 11) is 1.87. The van der Waals surface area contributed by atoms with E-state index in [4.69, 9.17) is 0 Å². The molecule has 0 radical (unpaired) electrons. The number of hydrogen-bond acceptors (Lipinski definition) is 3. The van der Waals surface area contributed by atoms with Crippen molar-refractivity contribution >= 4 is 11.8 Å². The second kappa shape index (κ2) is 8.00. The van der Waals surface area contributed by atoms with Crippen LogP contribution in [-0.2, 0) is 16.1 Å². The van der Waals surface area contributed by atoms with E-state index in [1.807, 2.05) is 47.2 Å². The van der Waals surface area contributed by atoms with Crippen LogP contribution in [0.4, 0.5) is 0 Å². The molecular formula is C20H29N3O2. The van der Waals surface area contributed by atoms with Crippen LogP contribution < -0.4 is 0 Å². The monoisotopic (exact) mass is 343 g/mol. The molecule has 2 heterocycles. The zero-order chi connectivity index (χ0) is 17.8. The van der Waals surface area contributed by atoms with Gasteiger partial charge in [0.1, 0.15) is 0 Å². The highest BCUT2D eigenvalue weighted by atomic mass is 16.2. The molecule has 2 amide bonds. The highest BCUT2D eigenvalue weighted by Gasteiger charge is 2.39. The lowest BCUT2D eigenvalue weighted by atomic mass is 10.0. The van der Waals surface area contributed by atoms with Crippen LogP contribution in [0, 0.1) is 0 Å². The third kappa shape index (κ3) is 4.21. The van der Waals surface area contributed by atoms with Gasteiger partial charge in [0, 0.05) is 39.1 Å². The minimum absolute atomic E-state index is 0.156. The first-order valence-corrected chi connectivity index (χ1v) is 9.35. The van der Waals surface area contributed by atoms with Crippen molar-refractivity contribution in [2.24, 2.45) is 0 Å². The summed E-state index contributed by atoms with van der Waals surface area (Å²) in [4.78, 5) is 30.7. The normalized spacial score (nSPS) is 23.8. The number of carbonyl (C=O) groups excluding carboxylic acids is 2. The summed E-state index contributed by atoms with van der Waals surface area (Å²) in [6.45, 7) is 4.58. The Kier molecular flexibility index (Phi) is 5.74. The number of rotatable bonds is 5. The molecule has 0 bridgehead atoms. The number of nitrogens with zero attached hydrogens (tertiary/aromatic N) is 3. The van der Waals surface area contributed by atoms with E-state index in [2.05, 4.69) is 4.90 Å². The second-order valence-electron chi connectivity index (χ2n) is 7.34. The number of amides is 2. The lowest BCUT2D eigenvalue weighted by molar-refractivity contribution is -0.133. The lowest BCUT2D eigenvalue weighted by Crippen LogP contribution is -2.50. The summed E-state index contributed by atoms with van der Waals surface area (Å²) in [5, 5.41) is 0. The Labute approximate surface area is 150 Å². The van der Waals surface area contributed by atoms with Gasteiger partial charge in [0.25, 0.3) is 0 Å². The van der Waals surface area contributed by atoms with E-state index >= 15 is 0 Å². The summed E-state index contributed by atoms with van der Waals surface area (Å²) in [5.74, 6) is 0.324. The molecule has 25 heavy (non-hydrogen) atoms. The minimum atomic E-state index is 0.156. The van der Waals surface area contributed by atoms with Gasteiger partial charge < -0.3 is 9.80 Å². The van der Waals surface area contributed by atoms with Crippen LogP contribution in [0.2, 0.25) is 0 Å². The number of likely N-dealkylation sites (N-methyl/N-ethyl adjacent to an activating group) is 1. The first-order chi connectivity index (χ1) is 12.1. The van der Waals surface area contributed by atoms with Crippen molar-refractivity contribution < 1.29 is 9.59 Å². The van der Waals surface area contributed by atoms with Gasteiger partial charge in [0.2, 0.25) is 11.8 Å². The number of carbonyl (C=O) groups is 2. The zero-order valence-electron chi connectivity index (χ0n) is 15.4. The Hall–Kier alpha value is -1.88. The molecule has 0 saturated carbocycles. The summed E-state index contributed by atoms with van der Waals surface area (Å²) < 4.78 is 0. The van der Waals surface area contributed by atoms with Crippen molar-refractivity contribution in [3.8, 4) is 0 Å². The van der Waals surface area contributed by atoms with Gasteiger partial charge in [-0.05, 0) is 37.8 Å². The molecule has 1 aromatic rings. The van der Waals surface area contributed by atoms with Crippen molar-refractivity contribution in [1.29, 1.82) is 0 Å². The maximum Gasteiger partial charge on any atom is 0.236 e. The SMILES string of the molecule is CC(=O)N1CCC[C@H]1[C@@H]1CCCN1CC(=O)N(C)Cc1ccccc1. The maximum atomic E-state index is 12.7. The molecule has 0 spiro atoms. The topological polar surface area (TPSA) is 43.9 Å². The Balaban J connectivity index is 1.59. The predicted octanol–water partition coefficient (Wildman–Crippen LogP) is 2.12. The summed E-state index contributed by atoms with van der Waals surface area (Å²) in [6.07, 6.45) is 4.35. The molecule has 2 aliphatic heterocycles. The molecule has 0 N–H and O–H groups in total. The quantitative estimate of drug-likeness (QED) is 0.823. The molecular weight excluding hydrogens is 314 g/mol. The zero-order valence-corrected chi connectivity index (χ0v) is 15.4. The first kappa shape index (κ1) is 17.9. The van der Waals surface area contributed by atoms with Crippen LogP contribution in [0.3, 0.4) is 0 Å². The second-order valence-corrected chi connectivity index (χ2v) is 7.34. The van der Waals surface area contributed by atoms with Gasteiger partial charge in [-0.25, -0.2) is 0 Å². The largest absolute Gasteiger partial charge is 0.340 e. The van der Waals surface area contributed by atoms with Gasteiger partial charge in [-0.1, -0.05) is 30.3 Å². The van der Waals surface area contributed by atoms with E-state index in [1.165, 1.54) is 0 Å². The fourth-order valence-corrected chi connectivity index (χ4v) is 4.31. The van der Waals surface area contributed by atoms with E-state index in [-0.39, 0.29) is 17.9 Å². The molecule has 0 aliphatic carbocycles. The van der Waals surface area contributed by atoms with E-state index in [1.54, 1.807) is 6.92 Å². The fourth-order valence-electron chi connectivity index (χ4n) is 4.31. The van der Waals surface area contributed by atoms with Crippen molar-refractivity contribution in [3.05, 3.63) is 35.9 Å². The Bertz CT molecular complexity index is 604. The van der Waals surface area contributed by atoms with Crippen molar-refractivity contribution in [1.82, 2.24) is 14.7 Å². The standard InChI is InChI=1S/C20H29N3O2/c1-16(24)23-13-7-11-19(23)18-10-6-12-22(18)15-20(25)21(2)14-17-8-4-3-5-9-17/h3-5,8-9,18-19H,6-7,10-15H2,1-2H3/t18-,19-/m0/s1. The smallest absolute Gasteiger partial charge is 0.236 e. The van der Waals surface area contributed by atoms with Crippen molar-refractivity contribution in [2.75, 3.05) is 26.7 Å². The molecule has 5 nitrogen and oxygen atoms in total. The average Bonchev–Trinajstić information content (AvgIpc) is 3.24. The van der Waals surface area contributed by atoms with Crippen molar-refractivity contribution in [2.45, 2.75) is 51.2 Å². The molecule has 1 aromatic carbocycles. The summed E-state index contributed by atoms with van der Waals surface area (Å²) in [6, 6.07) is 10.7. The first-order valence-electron chi connectivity index (χ1n) is 9.35. The van der Waals surface area contributed by atoms with Gasteiger partial charge >= 0.3 is 0 Å². The molecule has 0 aromatic heterocycles. The van der Waals surface area contributed by atoms with Crippen LogP contribution in [0.1, 0.15) is 38.2 Å². The van der Waals surface area contributed by atoms with E-state index in [9.17, 15) is 9.59 Å². The van der Waals surface area contributed by atoms with Gasteiger partial charge in [-0.3, -0.25) is 14.5 Å². The maximum absolute atomic E-state index is 12.7. The predicted molar refractivity (Wildman–Crippen MR) is 97.9 cm³/mol. The molecule has 2 atom stereocenters. The lowest BCUT2D eigenvalue weighted by Gasteiger charge is -2.35. The van der Waals surface area contributed by atoms with Gasteiger partial charge in [0.05, 0.1) is 6.54 Å². The van der Waals surface area contributed by atoms with Crippen molar-refractivity contribution in [3.63, 3.8) is 0 Å². The fraction of sp³-hybridized carbons (Fsp3) is 0.600.